The molecule has 2 aliphatic carbocycles. The van der Waals surface area contributed by atoms with Crippen LogP contribution in [0.4, 0.5) is 4.79 Å². The summed E-state index contributed by atoms with van der Waals surface area (Å²) in [4.78, 5) is 20.9. The van der Waals surface area contributed by atoms with Gasteiger partial charge in [-0.3, -0.25) is 0 Å². The smallest absolute Gasteiger partial charge is 0.410 e. The summed E-state index contributed by atoms with van der Waals surface area (Å²) in [5, 5.41) is 3.82. The summed E-state index contributed by atoms with van der Waals surface area (Å²) in [6.45, 7) is 15.9. The first-order chi connectivity index (χ1) is 36.4. The fourth-order valence-corrected chi connectivity index (χ4v) is 12.1. The van der Waals surface area contributed by atoms with Gasteiger partial charge in [-0.1, -0.05) is 146 Å². The number of carbonyl (C=O) groups is 1. The van der Waals surface area contributed by atoms with E-state index in [1.165, 1.54) is 91.5 Å². The zero-order chi connectivity index (χ0) is 52.2. The van der Waals surface area contributed by atoms with E-state index >= 15 is 0 Å². The van der Waals surface area contributed by atoms with Crippen LogP contribution in [0.5, 0.6) is 11.5 Å². The number of nitrogens with one attached hydrogen (secondary N) is 1. The number of ether oxygens (including phenoxy) is 3. The Kier molecular flexibility index (Phi) is 17.5. The van der Waals surface area contributed by atoms with E-state index in [0.717, 1.165) is 69.9 Å². The first-order valence-electron chi connectivity index (χ1n) is 28.0. The van der Waals surface area contributed by atoms with Gasteiger partial charge >= 0.3 is 6.09 Å². The van der Waals surface area contributed by atoms with Gasteiger partial charge in [0, 0.05) is 54.4 Å². The fraction of sp³-hybridized carbons (Fsp3) is 0.448. The molecule has 75 heavy (non-hydrogen) atoms. The fourth-order valence-electron chi connectivity index (χ4n) is 12.1. The second-order valence-electron chi connectivity index (χ2n) is 23.4. The molecule has 10 rings (SSSR count). The lowest BCUT2D eigenvalue weighted by Gasteiger charge is -2.45. The Morgan fingerprint density at radius 1 is 0.493 bits per heavy atom. The van der Waals surface area contributed by atoms with Crippen molar-refractivity contribution in [1.29, 1.82) is 0 Å². The van der Waals surface area contributed by atoms with E-state index < -0.39 is 5.60 Å². The summed E-state index contributed by atoms with van der Waals surface area (Å²) < 4.78 is 16.7. The van der Waals surface area contributed by atoms with E-state index in [-0.39, 0.29) is 22.3 Å². The zero-order valence-electron chi connectivity index (χ0n) is 45.8. The second kappa shape index (κ2) is 24.4. The van der Waals surface area contributed by atoms with Gasteiger partial charge in [-0.25, -0.2) is 4.79 Å². The van der Waals surface area contributed by atoms with Crippen LogP contribution in [0.2, 0.25) is 0 Å². The molecule has 396 valence electrons. The van der Waals surface area contributed by atoms with Crippen molar-refractivity contribution < 1.29 is 19.0 Å². The molecular formula is C67H84N4O4. The average molecular weight is 1010 g/mol. The lowest BCUT2D eigenvalue weighted by Crippen LogP contribution is -2.52. The quantitative estimate of drug-likeness (QED) is 0.0764. The Balaban J connectivity index is 0.000000187. The summed E-state index contributed by atoms with van der Waals surface area (Å²) in [7, 11) is 3.46. The standard InChI is InChI=1S/C36H46N2O3.C31H38N2O/c1-34(2,3)41-33(39)38(24-19-29-11-7-5-8-12-29)28-36(30-13-9-6-10-14-30)22-25-37(26-23-36)27-35(20-21-35)31-15-17-32(40-4)18-16-31;1-34-29-14-12-28(13-15-29)31(17-18-31)25-33-22-19-30(20-23-33,27-10-6-3-7-11-27)24-32-21-16-26-8-4-2-5-9-26/h5-18H,19-28H2,1-4H3;2-15,32H,16-25H2,1H3. The van der Waals surface area contributed by atoms with Gasteiger partial charge in [0.15, 0.2) is 0 Å². The predicted molar refractivity (Wildman–Crippen MR) is 306 cm³/mol. The van der Waals surface area contributed by atoms with Gasteiger partial charge in [0.25, 0.3) is 0 Å². The number of hydrogen-bond donors (Lipinski definition) is 1. The number of benzene rings is 6. The monoisotopic (exact) mass is 1010 g/mol. The summed E-state index contributed by atoms with van der Waals surface area (Å²) >= 11 is 0. The SMILES string of the molecule is COc1ccc(C2(CN3CCC(CN(CCc4ccccc4)C(=O)OC(C)(C)C)(c4ccccc4)CC3)CC2)cc1.COc1ccc(C2(CN3CCC(CNCCc4ccccc4)(c4ccccc4)CC3)CC2)cc1. The van der Waals surface area contributed by atoms with Crippen molar-refractivity contribution in [2.45, 2.75) is 112 Å². The summed E-state index contributed by atoms with van der Waals surface area (Å²) in [5.74, 6) is 1.86. The highest BCUT2D eigenvalue weighted by atomic mass is 16.6. The normalized spacial score (nSPS) is 18.4. The molecule has 0 spiro atoms. The lowest BCUT2D eigenvalue weighted by atomic mass is 9.72. The second-order valence-corrected chi connectivity index (χ2v) is 23.4. The molecule has 0 bridgehead atoms. The van der Waals surface area contributed by atoms with Crippen molar-refractivity contribution in [2.75, 3.05) is 79.7 Å². The van der Waals surface area contributed by atoms with Crippen LogP contribution in [0.3, 0.4) is 0 Å². The molecule has 6 aromatic carbocycles. The number of carbonyl (C=O) groups excluding carboxylic acids is 1. The minimum Gasteiger partial charge on any atom is -0.497 e. The molecule has 1 N–H and O–H groups in total. The van der Waals surface area contributed by atoms with Crippen LogP contribution in [-0.2, 0) is 39.2 Å². The van der Waals surface area contributed by atoms with Gasteiger partial charge in [0.2, 0.25) is 0 Å². The van der Waals surface area contributed by atoms with Gasteiger partial charge in [0.05, 0.1) is 14.2 Å². The number of nitrogens with zero attached hydrogens (tertiary/aromatic N) is 3. The van der Waals surface area contributed by atoms with Gasteiger partial charge in [0.1, 0.15) is 17.1 Å². The minimum absolute atomic E-state index is 0.109. The molecule has 2 saturated carbocycles. The van der Waals surface area contributed by atoms with E-state index in [1.807, 2.05) is 31.7 Å². The van der Waals surface area contributed by atoms with Crippen molar-refractivity contribution in [1.82, 2.24) is 20.0 Å². The maximum atomic E-state index is 13.6. The van der Waals surface area contributed by atoms with E-state index in [1.54, 1.807) is 14.2 Å². The number of rotatable bonds is 20. The molecule has 8 heteroatoms. The van der Waals surface area contributed by atoms with Gasteiger partial charge in [-0.2, -0.15) is 0 Å². The zero-order valence-corrected chi connectivity index (χ0v) is 45.8. The molecule has 0 atom stereocenters. The van der Waals surface area contributed by atoms with Crippen LogP contribution < -0.4 is 14.8 Å². The van der Waals surface area contributed by atoms with Crippen molar-refractivity contribution in [3.8, 4) is 11.5 Å². The van der Waals surface area contributed by atoms with Crippen molar-refractivity contribution >= 4 is 6.09 Å². The number of hydrogen-bond acceptors (Lipinski definition) is 7. The molecule has 2 saturated heterocycles. The van der Waals surface area contributed by atoms with E-state index in [9.17, 15) is 4.79 Å². The molecule has 0 radical (unpaired) electrons. The molecule has 4 aliphatic rings. The van der Waals surface area contributed by atoms with Crippen LogP contribution in [0.15, 0.2) is 170 Å². The molecule has 4 fully saturated rings. The largest absolute Gasteiger partial charge is 0.497 e. The van der Waals surface area contributed by atoms with Crippen molar-refractivity contribution in [3.05, 3.63) is 203 Å². The van der Waals surface area contributed by atoms with Crippen LogP contribution in [0.25, 0.3) is 0 Å². The molecule has 2 heterocycles. The molecular weight excluding hydrogens is 925 g/mol. The number of methoxy groups -OCH3 is 2. The maximum absolute atomic E-state index is 13.6. The third kappa shape index (κ3) is 14.1. The maximum Gasteiger partial charge on any atom is 0.410 e. The van der Waals surface area contributed by atoms with Crippen molar-refractivity contribution in [2.24, 2.45) is 0 Å². The Bertz CT molecular complexity index is 2650. The minimum atomic E-state index is -0.536. The predicted octanol–water partition coefficient (Wildman–Crippen LogP) is 12.8. The number of likely N-dealkylation sites (tertiary alicyclic amines) is 2. The molecule has 6 aromatic rings. The van der Waals surface area contributed by atoms with Gasteiger partial charge < -0.3 is 34.2 Å². The summed E-state index contributed by atoms with van der Waals surface area (Å²) in [6, 6.07) is 60.8. The lowest BCUT2D eigenvalue weighted by molar-refractivity contribution is 0.0162. The van der Waals surface area contributed by atoms with Crippen LogP contribution in [0.1, 0.15) is 106 Å². The highest BCUT2D eigenvalue weighted by Gasteiger charge is 2.49. The van der Waals surface area contributed by atoms with E-state index in [2.05, 4.69) is 179 Å². The Morgan fingerprint density at radius 3 is 1.29 bits per heavy atom. The van der Waals surface area contributed by atoms with Crippen molar-refractivity contribution in [3.63, 3.8) is 0 Å². The Hall–Kier alpha value is -5.93. The molecule has 8 nitrogen and oxygen atoms in total. The van der Waals surface area contributed by atoms with Crippen LogP contribution >= 0.6 is 0 Å². The molecule has 2 aliphatic heterocycles. The Morgan fingerprint density at radius 2 is 0.880 bits per heavy atom. The summed E-state index contributed by atoms with van der Waals surface area (Å²) in [5.41, 5.74) is 8.57. The number of piperidine rings is 2. The Labute approximate surface area is 449 Å². The molecule has 0 unspecified atom stereocenters. The van der Waals surface area contributed by atoms with Gasteiger partial charge in [-0.05, 0) is 175 Å². The van der Waals surface area contributed by atoms with E-state index in [0.29, 0.717) is 18.5 Å². The average Bonchev–Trinajstić information content (AvgIpc) is 4.41. The first kappa shape index (κ1) is 53.9. The third-order valence-electron chi connectivity index (χ3n) is 17.1. The third-order valence-corrected chi connectivity index (χ3v) is 17.1. The molecule has 0 aromatic heterocycles. The first-order valence-corrected chi connectivity index (χ1v) is 28.0. The van der Waals surface area contributed by atoms with E-state index in [4.69, 9.17) is 14.2 Å². The highest BCUT2D eigenvalue weighted by molar-refractivity contribution is 5.68. The number of amides is 1. The topological polar surface area (TPSA) is 66.5 Å². The van der Waals surface area contributed by atoms with Crippen LogP contribution in [0, 0.1) is 0 Å². The van der Waals surface area contributed by atoms with Crippen LogP contribution in [-0.4, -0.2) is 106 Å². The highest BCUT2D eigenvalue weighted by Crippen LogP contribution is 2.51. The van der Waals surface area contributed by atoms with Gasteiger partial charge in [-0.15, -0.1) is 0 Å². The molecule has 1 amide bonds. The summed E-state index contributed by atoms with van der Waals surface area (Å²) in [6.07, 6.45) is 11.2.